The van der Waals surface area contributed by atoms with Gasteiger partial charge in [0.1, 0.15) is 0 Å². The van der Waals surface area contributed by atoms with Crippen molar-refractivity contribution < 1.29 is 0 Å². The molecule has 0 N–H and O–H groups in total. The highest BCUT2D eigenvalue weighted by molar-refractivity contribution is 6.03. The summed E-state index contributed by atoms with van der Waals surface area (Å²) < 4.78 is 0. The Balaban J connectivity index is 1.21. The van der Waals surface area contributed by atoms with E-state index in [9.17, 15) is 0 Å². The third-order valence-corrected chi connectivity index (χ3v) is 13.0. The SMILES string of the molecule is Cc1ccc(C(=C/C=C/c2ccc(N(c3ccc(C=C(c4ccc(C(C)(C)C)cc4)c4ccc(C(C)(C)C)cc4)cc3)c3ccc(C(C)(C)C)cc3)c3ccccc23)c2ccc(C)cc2)cc1. The molecule has 0 amide bonds. The van der Waals surface area contributed by atoms with E-state index in [1.165, 1.54) is 77.6 Å². The summed E-state index contributed by atoms with van der Waals surface area (Å²) in [6.07, 6.45) is 9.06. The van der Waals surface area contributed by atoms with Crippen molar-refractivity contribution >= 4 is 51.1 Å². The van der Waals surface area contributed by atoms with Crippen LogP contribution in [-0.4, -0.2) is 0 Å². The molecule has 8 aromatic rings. The molecular weight excluding hydrogens is 807 g/mol. The molecule has 0 heterocycles. The molecule has 8 aromatic carbocycles. The Labute approximate surface area is 401 Å². The summed E-state index contributed by atoms with van der Waals surface area (Å²) in [6.45, 7) is 24.8. The van der Waals surface area contributed by atoms with Crippen molar-refractivity contribution in [3.05, 3.63) is 255 Å². The highest BCUT2D eigenvalue weighted by Crippen LogP contribution is 2.41. The predicted molar refractivity (Wildman–Crippen MR) is 293 cm³/mol. The molecule has 0 aliphatic heterocycles. The van der Waals surface area contributed by atoms with Crippen LogP contribution in [0, 0.1) is 13.8 Å². The lowest BCUT2D eigenvalue weighted by molar-refractivity contribution is 0.590. The molecule has 67 heavy (non-hydrogen) atoms. The second-order valence-corrected chi connectivity index (χ2v) is 21.3. The van der Waals surface area contributed by atoms with Crippen LogP contribution in [0.15, 0.2) is 194 Å². The van der Waals surface area contributed by atoms with Crippen molar-refractivity contribution in [2.24, 2.45) is 0 Å². The first-order valence-electron chi connectivity index (χ1n) is 23.9. The van der Waals surface area contributed by atoms with Crippen LogP contribution >= 0.6 is 0 Å². The van der Waals surface area contributed by atoms with Crippen LogP contribution in [0.5, 0.6) is 0 Å². The first-order chi connectivity index (χ1) is 31.9. The normalized spacial score (nSPS) is 12.0. The molecule has 8 rings (SSSR count). The fraction of sp³-hybridized carbons (Fsp3) is 0.212. The monoisotopic (exact) mass is 874 g/mol. The maximum absolute atomic E-state index is 2.42. The molecule has 0 bridgehead atoms. The summed E-state index contributed by atoms with van der Waals surface area (Å²) in [6, 6.07) is 67.5. The molecule has 0 aromatic heterocycles. The average Bonchev–Trinajstić information content (AvgIpc) is 3.31. The van der Waals surface area contributed by atoms with E-state index in [0.29, 0.717) is 0 Å². The molecule has 0 atom stereocenters. The van der Waals surface area contributed by atoms with Crippen molar-refractivity contribution in [2.45, 2.75) is 92.4 Å². The Hall–Kier alpha value is -6.96. The Morgan fingerprint density at radius 1 is 0.388 bits per heavy atom. The van der Waals surface area contributed by atoms with Crippen LogP contribution < -0.4 is 4.90 Å². The highest BCUT2D eigenvalue weighted by Gasteiger charge is 2.20. The number of fused-ring (bicyclic) bond motifs is 1. The summed E-state index contributed by atoms with van der Waals surface area (Å²) in [5.74, 6) is 0. The number of aryl methyl sites for hydroxylation is 2. The van der Waals surface area contributed by atoms with Gasteiger partial charge in [-0.2, -0.15) is 0 Å². The van der Waals surface area contributed by atoms with Crippen LogP contribution in [-0.2, 0) is 16.2 Å². The number of allylic oxidation sites excluding steroid dienone is 2. The minimum Gasteiger partial charge on any atom is -0.310 e. The Kier molecular flexibility index (Phi) is 13.3. The van der Waals surface area contributed by atoms with Crippen LogP contribution in [0.1, 0.15) is 124 Å². The average molecular weight is 874 g/mol. The van der Waals surface area contributed by atoms with E-state index in [2.05, 4.69) is 287 Å². The molecule has 336 valence electrons. The number of hydrogen-bond acceptors (Lipinski definition) is 1. The molecule has 1 heteroatoms. The van der Waals surface area contributed by atoms with E-state index in [1.807, 2.05) is 0 Å². The van der Waals surface area contributed by atoms with E-state index < -0.39 is 0 Å². The zero-order valence-electron chi connectivity index (χ0n) is 41.6. The van der Waals surface area contributed by atoms with E-state index >= 15 is 0 Å². The maximum atomic E-state index is 2.42. The lowest BCUT2D eigenvalue weighted by Crippen LogP contribution is -2.13. The van der Waals surface area contributed by atoms with Crippen molar-refractivity contribution in [2.75, 3.05) is 4.90 Å². The Morgan fingerprint density at radius 2 is 0.776 bits per heavy atom. The molecule has 0 spiro atoms. The Bertz CT molecular complexity index is 2940. The van der Waals surface area contributed by atoms with Crippen LogP contribution in [0.25, 0.3) is 34.1 Å². The molecule has 1 nitrogen and oxygen atoms in total. The van der Waals surface area contributed by atoms with Gasteiger partial charge in [-0.3, -0.25) is 0 Å². The lowest BCUT2D eigenvalue weighted by Gasteiger charge is -2.28. The summed E-state index contributed by atoms with van der Waals surface area (Å²) in [5.41, 5.74) is 19.6. The van der Waals surface area contributed by atoms with Crippen molar-refractivity contribution in [1.29, 1.82) is 0 Å². The molecule has 0 fully saturated rings. The molecule has 0 aliphatic carbocycles. The van der Waals surface area contributed by atoms with Crippen molar-refractivity contribution in [3.63, 3.8) is 0 Å². The zero-order chi connectivity index (χ0) is 47.5. The number of benzene rings is 8. The van der Waals surface area contributed by atoms with Gasteiger partial charge in [-0.15, -0.1) is 0 Å². The summed E-state index contributed by atoms with van der Waals surface area (Å²) in [5, 5.41) is 2.39. The zero-order valence-corrected chi connectivity index (χ0v) is 41.6. The second-order valence-electron chi connectivity index (χ2n) is 21.3. The molecule has 0 aliphatic rings. The third-order valence-electron chi connectivity index (χ3n) is 13.0. The molecule has 0 saturated heterocycles. The van der Waals surface area contributed by atoms with E-state index in [-0.39, 0.29) is 16.2 Å². The van der Waals surface area contributed by atoms with E-state index in [0.717, 1.165) is 22.6 Å². The van der Waals surface area contributed by atoms with Crippen molar-refractivity contribution in [3.8, 4) is 0 Å². The molecule has 0 saturated carbocycles. The number of hydrogen-bond donors (Lipinski definition) is 0. The standard InChI is InChI=1S/C66H67N/c1-46-19-25-50(26-20-46)59(51-27-21-47(2)22-28-51)18-14-15-49-33-44-63(61-17-13-12-16-60(49)61)67(58-42-38-56(39-43-58)66(9,10)11)57-40-23-48(24-41-57)45-62(52-29-34-54(35-30-52)64(3,4)5)53-31-36-55(37-32-53)65(6,7)8/h12-45H,1-11H3/b15-14+. The van der Waals surface area contributed by atoms with Crippen LogP contribution in [0.4, 0.5) is 17.1 Å². The summed E-state index contributed by atoms with van der Waals surface area (Å²) in [7, 11) is 0. The lowest BCUT2D eigenvalue weighted by atomic mass is 9.84. The number of anilines is 3. The molecule has 0 radical (unpaired) electrons. The second kappa shape index (κ2) is 19.1. The van der Waals surface area contributed by atoms with E-state index in [1.54, 1.807) is 0 Å². The van der Waals surface area contributed by atoms with Gasteiger partial charge in [-0.1, -0.05) is 243 Å². The van der Waals surface area contributed by atoms with Gasteiger partial charge < -0.3 is 4.90 Å². The first kappa shape index (κ1) is 46.6. The highest BCUT2D eigenvalue weighted by atomic mass is 15.1. The van der Waals surface area contributed by atoms with Gasteiger partial charge in [0.15, 0.2) is 0 Å². The Morgan fingerprint density at radius 3 is 1.22 bits per heavy atom. The fourth-order valence-corrected chi connectivity index (χ4v) is 8.78. The maximum Gasteiger partial charge on any atom is 0.0540 e. The summed E-state index contributed by atoms with van der Waals surface area (Å²) in [4.78, 5) is 2.42. The predicted octanol–water partition coefficient (Wildman–Crippen LogP) is 18.6. The van der Waals surface area contributed by atoms with Crippen LogP contribution in [0.2, 0.25) is 0 Å². The minimum absolute atomic E-state index is 0.0447. The van der Waals surface area contributed by atoms with Crippen LogP contribution in [0.3, 0.4) is 0 Å². The smallest absolute Gasteiger partial charge is 0.0540 e. The minimum atomic E-state index is 0.0447. The molecular formula is C66H67N. The first-order valence-corrected chi connectivity index (χ1v) is 23.9. The topological polar surface area (TPSA) is 3.24 Å². The third kappa shape index (κ3) is 10.9. The van der Waals surface area contributed by atoms with Gasteiger partial charge in [0, 0.05) is 16.8 Å². The van der Waals surface area contributed by atoms with Gasteiger partial charge >= 0.3 is 0 Å². The van der Waals surface area contributed by atoms with Gasteiger partial charge in [-0.25, -0.2) is 0 Å². The van der Waals surface area contributed by atoms with Crippen molar-refractivity contribution in [1.82, 2.24) is 0 Å². The van der Waals surface area contributed by atoms with Gasteiger partial charge in [-0.05, 0) is 133 Å². The summed E-state index contributed by atoms with van der Waals surface area (Å²) >= 11 is 0. The van der Waals surface area contributed by atoms with E-state index in [4.69, 9.17) is 0 Å². The quantitative estimate of drug-likeness (QED) is 0.0977. The number of rotatable bonds is 10. The van der Waals surface area contributed by atoms with Gasteiger partial charge in [0.2, 0.25) is 0 Å². The van der Waals surface area contributed by atoms with Gasteiger partial charge in [0.25, 0.3) is 0 Å². The van der Waals surface area contributed by atoms with Gasteiger partial charge in [0.05, 0.1) is 5.69 Å². The fourth-order valence-electron chi connectivity index (χ4n) is 8.78. The molecule has 0 unspecified atom stereocenters. The largest absolute Gasteiger partial charge is 0.310 e. The number of nitrogens with zero attached hydrogens (tertiary/aromatic N) is 1.